The zero-order chi connectivity index (χ0) is 8.59. The predicted octanol–water partition coefficient (Wildman–Crippen LogP) is 2.36. The molecule has 1 heterocycles. The van der Waals surface area contributed by atoms with E-state index in [4.69, 9.17) is 17.3 Å². The van der Waals surface area contributed by atoms with Gasteiger partial charge in [0.1, 0.15) is 5.02 Å². The van der Waals surface area contributed by atoms with Gasteiger partial charge in [-0.05, 0) is 15.9 Å². The van der Waals surface area contributed by atoms with E-state index < -0.39 is 22.6 Å². The maximum Gasteiger partial charge on any atom is 0.234 e. The van der Waals surface area contributed by atoms with Crippen molar-refractivity contribution in [1.82, 2.24) is 4.98 Å². The Hall–Kier alpha value is -0.420. The van der Waals surface area contributed by atoms with Gasteiger partial charge in [0.25, 0.3) is 0 Å². The third-order valence-electron chi connectivity index (χ3n) is 1.01. The van der Waals surface area contributed by atoms with Crippen LogP contribution in [-0.4, -0.2) is 4.98 Å². The summed E-state index contributed by atoms with van der Waals surface area (Å²) in [7, 11) is 0. The first kappa shape index (κ1) is 8.67. The van der Waals surface area contributed by atoms with Crippen LogP contribution >= 0.6 is 27.5 Å². The molecule has 11 heavy (non-hydrogen) atoms. The molecule has 6 heteroatoms. The molecule has 1 rings (SSSR count). The fraction of sp³-hybridized carbons (Fsp3) is 0. The second-order valence-corrected chi connectivity index (χ2v) is 2.90. The maximum atomic E-state index is 12.7. The van der Waals surface area contributed by atoms with Crippen LogP contribution in [0.5, 0.6) is 0 Å². The quantitative estimate of drug-likeness (QED) is 0.711. The van der Waals surface area contributed by atoms with Gasteiger partial charge in [0, 0.05) is 0 Å². The Balaban J connectivity index is 3.46. The Morgan fingerprint density at radius 1 is 1.45 bits per heavy atom. The summed E-state index contributed by atoms with van der Waals surface area (Å²) in [4.78, 5) is 3.01. The highest BCUT2D eigenvalue weighted by Crippen LogP contribution is 2.29. The van der Waals surface area contributed by atoms with Gasteiger partial charge in [-0.2, -0.15) is 9.37 Å². The molecule has 0 aromatic carbocycles. The van der Waals surface area contributed by atoms with Crippen LogP contribution in [0.1, 0.15) is 0 Å². The van der Waals surface area contributed by atoms with Crippen LogP contribution in [0.4, 0.5) is 14.6 Å². The molecule has 0 bridgehead atoms. The molecule has 0 saturated heterocycles. The molecule has 1 aromatic heterocycles. The Kier molecular flexibility index (Phi) is 2.29. The molecule has 0 spiro atoms. The van der Waals surface area contributed by atoms with Crippen LogP contribution in [0.2, 0.25) is 5.02 Å². The van der Waals surface area contributed by atoms with Gasteiger partial charge in [-0.3, -0.25) is 0 Å². The molecule has 2 nitrogen and oxygen atoms in total. The van der Waals surface area contributed by atoms with Gasteiger partial charge in [-0.25, -0.2) is 4.39 Å². The zero-order valence-corrected chi connectivity index (χ0v) is 7.38. The first-order valence-corrected chi connectivity index (χ1v) is 3.66. The minimum atomic E-state index is -0.988. The highest BCUT2D eigenvalue weighted by atomic mass is 79.9. The lowest BCUT2D eigenvalue weighted by molar-refractivity contribution is 0.561. The number of rotatable bonds is 0. The third-order valence-corrected chi connectivity index (χ3v) is 2.33. The molecule has 0 aliphatic carbocycles. The van der Waals surface area contributed by atoms with E-state index in [9.17, 15) is 8.78 Å². The summed E-state index contributed by atoms with van der Waals surface area (Å²) in [6, 6.07) is 0. The molecule has 60 valence electrons. The maximum absolute atomic E-state index is 12.7. The normalized spacial score (nSPS) is 10.2. The van der Waals surface area contributed by atoms with Gasteiger partial charge in [-0.15, -0.1) is 0 Å². The minimum absolute atomic E-state index is 0.204. The van der Waals surface area contributed by atoms with Gasteiger partial charge in [0.2, 0.25) is 5.95 Å². The van der Waals surface area contributed by atoms with E-state index in [2.05, 4.69) is 20.9 Å². The monoisotopic (exact) mass is 242 g/mol. The second kappa shape index (κ2) is 2.91. The van der Waals surface area contributed by atoms with Crippen LogP contribution in [0.3, 0.4) is 0 Å². The average Bonchev–Trinajstić information content (AvgIpc) is 1.97. The molecule has 0 aliphatic rings. The smallest absolute Gasteiger partial charge is 0.234 e. The number of anilines is 1. The summed E-state index contributed by atoms with van der Waals surface area (Å²) in [5.74, 6) is -2.35. The van der Waals surface area contributed by atoms with Crippen LogP contribution in [0, 0.1) is 11.8 Å². The fourth-order valence-electron chi connectivity index (χ4n) is 0.503. The lowest BCUT2D eigenvalue weighted by Gasteiger charge is -2.00. The molecule has 2 N–H and O–H groups in total. The molecule has 0 radical (unpaired) electrons. The van der Waals surface area contributed by atoms with Gasteiger partial charge in [0.15, 0.2) is 11.6 Å². The van der Waals surface area contributed by atoms with Crippen molar-refractivity contribution in [1.29, 1.82) is 0 Å². The summed E-state index contributed by atoms with van der Waals surface area (Å²) in [6.07, 6.45) is 0. The second-order valence-electron chi connectivity index (χ2n) is 1.73. The van der Waals surface area contributed by atoms with Crippen molar-refractivity contribution >= 4 is 33.3 Å². The summed E-state index contributed by atoms with van der Waals surface area (Å²) in [6.45, 7) is 0. The van der Waals surface area contributed by atoms with Crippen molar-refractivity contribution in [2.75, 3.05) is 5.73 Å². The summed E-state index contributed by atoms with van der Waals surface area (Å²) in [5, 5.41) is -0.406. The van der Waals surface area contributed by atoms with Gasteiger partial charge in [0.05, 0.1) is 4.47 Å². The molecular weight excluding hydrogens is 241 g/mol. The number of hydrogen-bond donors (Lipinski definition) is 1. The molecule has 0 amide bonds. The number of halogens is 4. The van der Waals surface area contributed by atoms with E-state index in [1.165, 1.54) is 0 Å². The zero-order valence-electron chi connectivity index (χ0n) is 5.04. The number of nitrogens with two attached hydrogens (primary N) is 1. The van der Waals surface area contributed by atoms with Crippen molar-refractivity contribution in [3.05, 3.63) is 21.3 Å². The molecule has 0 fully saturated rings. The van der Waals surface area contributed by atoms with E-state index in [1.54, 1.807) is 0 Å². The largest absolute Gasteiger partial charge is 0.381 e. The molecule has 0 saturated carbocycles. The minimum Gasteiger partial charge on any atom is -0.381 e. The van der Waals surface area contributed by atoms with E-state index in [0.29, 0.717) is 0 Å². The summed E-state index contributed by atoms with van der Waals surface area (Å²) >= 11 is 7.99. The Morgan fingerprint density at radius 2 is 2.00 bits per heavy atom. The third kappa shape index (κ3) is 1.44. The first-order valence-electron chi connectivity index (χ1n) is 2.49. The van der Waals surface area contributed by atoms with Gasteiger partial charge in [-0.1, -0.05) is 11.6 Å². The molecule has 0 atom stereocenters. The highest BCUT2D eigenvalue weighted by Gasteiger charge is 2.14. The number of pyridine rings is 1. The summed E-state index contributed by atoms with van der Waals surface area (Å²) < 4.78 is 25.0. The van der Waals surface area contributed by atoms with E-state index in [1.807, 2.05) is 0 Å². The topological polar surface area (TPSA) is 38.9 Å². The standard InChI is InChI=1S/C5H2BrClF2N2/c6-1-2(7)4(9)11-5(10)3(1)8/h(H2,10,11). The average molecular weight is 243 g/mol. The lowest BCUT2D eigenvalue weighted by Crippen LogP contribution is -1.99. The van der Waals surface area contributed by atoms with Crippen LogP contribution in [0.25, 0.3) is 0 Å². The highest BCUT2D eigenvalue weighted by molar-refractivity contribution is 9.10. The Morgan fingerprint density at radius 3 is 2.55 bits per heavy atom. The lowest BCUT2D eigenvalue weighted by atomic mass is 10.4. The summed E-state index contributed by atoms with van der Waals surface area (Å²) in [5.41, 5.74) is 4.98. The molecule has 0 unspecified atom stereocenters. The van der Waals surface area contributed by atoms with E-state index in [-0.39, 0.29) is 4.47 Å². The predicted molar refractivity (Wildman–Crippen MR) is 41.3 cm³/mol. The van der Waals surface area contributed by atoms with E-state index in [0.717, 1.165) is 0 Å². The number of hydrogen-bond acceptors (Lipinski definition) is 2. The first-order chi connectivity index (χ1) is 5.04. The van der Waals surface area contributed by atoms with Crippen LogP contribution < -0.4 is 5.73 Å². The Labute approximate surface area is 74.5 Å². The van der Waals surface area contributed by atoms with Crippen molar-refractivity contribution in [2.24, 2.45) is 0 Å². The Bertz CT molecular complexity index is 279. The molecule has 1 aromatic rings. The van der Waals surface area contributed by atoms with Gasteiger partial charge >= 0.3 is 0 Å². The molecule has 0 aliphatic heterocycles. The fourth-order valence-corrected chi connectivity index (χ4v) is 0.995. The van der Waals surface area contributed by atoms with Crippen molar-refractivity contribution < 1.29 is 8.78 Å². The number of nitrogens with zero attached hydrogens (tertiary/aromatic N) is 1. The SMILES string of the molecule is Nc1nc(F)c(Cl)c(Br)c1F. The van der Waals surface area contributed by atoms with Crippen molar-refractivity contribution in [3.8, 4) is 0 Å². The van der Waals surface area contributed by atoms with Crippen molar-refractivity contribution in [2.45, 2.75) is 0 Å². The number of aromatic nitrogens is 1. The molecular formula is C5H2BrClF2N2. The number of nitrogen functional groups attached to an aromatic ring is 1. The van der Waals surface area contributed by atoms with Crippen LogP contribution in [0.15, 0.2) is 4.47 Å². The van der Waals surface area contributed by atoms with E-state index >= 15 is 0 Å². The van der Waals surface area contributed by atoms with Crippen LogP contribution in [-0.2, 0) is 0 Å². The van der Waals surface area contributed by atoms with Gasteiger partial charge < -0.3 is 5.73 Å². The van der Waals surface area contributed by atoms with Crippen molar-refractivity contribution in [3.63, 3.8) is 0 Å².